The van der Waals surface area contributed by atoms with Gasteiger partial charge in [0.15, 0.2) is 5.82 Å². The third-order valence-electron chi connectivity index (χ3n) is 11.6. The van der Waals surface area contributed by atoms with E-state index in [2.05, 4.69) is 195 Å². The zero-order chi connectivity index (χ0) is 36.5. The summed E-state index contributed by atoms with van der Waals surface area (Å²) >= 11 is 1.86. The highest BCUT2D eigenvalue weighted by atomic mass is 32.1. The summed E-state index contributed by atoms with van der Waals surface area (Å²) in [5.41, 5.74) is 13.5. The van der Waals surface area contributed by atoms with Gasteiger partial charge in [-0.05, 0) is 75.3 Å². The summed E-state index contributed by atoms with van der Waals surface area (Å²) in [6.45, 7) is 2.37. The maximum Gasteiger partial charge on any atom is 0.160 e. The molecule has 0 N–H and O–H groups in total. The molecule has 2 heterocycles. The maximum absolute atomic E-state index is 5.39. The van der Waals surface area contributed by atoms with Gasteiger partial charge in [-0.1, -0.05) is 164 Å². The summed E-state index contributed by atoms with van der Waals surface area (Å²) < 4.78 is 2.59. The van der Waals surface area contributed by atoms with Crippen LogP contribution in [0.1, 0.15) is 23.6 Å². The molecule has 3 heteroatoms. The van der Waals surface area contributed by atoms with Gasteiger partial charge in [-0.15, -0.1) is 11.3 Å². The van der Waals surface area contributed by atoms with Gasteiger partial charge in [-0.2, -0.15) is 0 Å². The highest BCUT2D eigenvalue weighted by Gasteiger charge is 2.40. The van der Waals surface area contributed by atoms with Crippen molar-refractivity contribution in [3.05, 3.63) is 205 Å². The van der Waals surface area contributed by atoms with E-state index < -0.39 is 0 Å². The van der Waals surface area contributed by atoms with Crippen LogP contribution in [0, 0.1) is 0 Å². The molecule has 0 fully saturated rings. The molecule has 10 aromatic rings. The largest absolute Gasteiger partial charge is 0.228 e. The Labute approximate surface area is 324 Å². The predicted molar refractivity (Wildman–Crippen MR) is 232 cm³/mol. The van der Waals surface area contributed by atoms with Crippen molar-refractivity contribution in [3.8, 4) is 56.2 Å². The zero-order valence-corrected chi connectivity index (χ0v) is 31.0. The Hall–Kier alpha value is -6.68. The minimum atomic E-state index is -0.310. The van der Waals surface area contributed by atoms with Crippen molar-refractivity contribution >= 4 is 42.3 Å². The standard InChI is InChI=1S/C52H34N2S/c1-52(37-16-3-2-4-17-37)45-24-11-9-19-39(45)40-29-28-35(31-46(40)52)47-32-48(54-51(53-47)36-27-26-33-14-5-6-15-34(33)30-36)41-20-8-7-18-38(41)43-22-13-23-44-42-21-10-12-25-49(42)55-50(43)44/h2-32H,1H3. The molecule has 2 aromatic heterocycles. The molecule has 55 heavy (non-hydrogen) atoms. The second-order valence-electron chi connectivity index (χ2n) is 14.6. The topological polar surface area (TPSA) is 25.8 Å². The summed E-state index contributed by atoms with van der Waals surface area (Å²) in [6, 6.07) is 68.0. The van der Waals surface area contributed by atoms with Gasteiger partial charge in [0.25, 0.3) is 0 Å². The Balaban J connectivity index is 1.14. The number of hydrogen-bond acceptors (Lipinski definition) is 3. The van der Waals surface area contributed by atoms with Gasteiger partial charge >= 0.3 is 0 Å². The first-order valence-corrected chi connectivity index (χ1v) is 19.6. The lowest BCUT2D eigenvalue weighted by atomic mass is 9.74. The summed E-state index contributed by atoms with van der Waals surface area (Å²) in [5.74, 6) is 0.711. The number of fused-ring (bicyclic) bond motifs is 7. The predicted octanol–water partition coefficient (Wildman–Crippen LogP) is 14.0. The molecule has 1 aliphatic rings. The van der Waals surface area contributed by atoms with Crippen molar-refractivity contribution in [2.24, 2.45) is 0 Å². The molecule has 1 atom stereocenters. The molecule has 2 nitrogen and oxygen atoms in total. The first kappa shape index (κ1) is 31.8. The Kier molecular flexibility index (Phi) is 7.20. The molecule has 8 aromatic carbocycles. The van der Waals surface area contributed by atoms with E-state index >= 15 is 0 Å². The van der Waals surface area contributed by atoms with Crippen molar-refractivity contribution in [2.75, 3.05) is 0 Å². The van der Waals surface area contributed by atoms with Crippen LogP contribution < -0.4 is 0 Å². The molecule has 1 unspecified atom stereocenters. The first-order valence-electron chi connectivity index (χ1n) is 18.8. The van der Waals surface area contributed by atoms with Crippen LogP contribution in [0.4, 0.5) is 0 Å². The van der Waals surface area contributed by atoms with E-state index in [1.807, 2.05) is 11.3 Å². The molecule has 258 valence electrons. The molecule has 0 saturated carbocycles. The molecule has 0 amide bonds. The van der Waals surface area contributed by atoms with Crippen molar-refractivity contribution in [3.63, 3.8) is 0 Å². The second-order valence-corrected chi connectivity index (χ2v) is 15.7. The summed E-state index contributed by atoms with van der Waals surface area (Å²) in [7, 11) is 0. The van der Waals surface area contributed by atoms with E-state index in [0.29, 0.717) is 5.82 Å². The van der Waals surface area contributed by atoms with E-state index in [4.69, 9.17) is 9.97 Å². The van der Waals surface area contributed by atoms with Crippen molar-refractivity contribution in [2.45, 2.75) is 12.3 Å². The highest BCUT2D eigenvalue weighted by molar-refractivity contribution is 7.26. The fraction of sp³-hybridized carbons (Fsp3) is 0.0385. The van der Waals surface area contributed by atoms with Crippen LogP contribution in [0.3, 0.4) is 0 Å². The number of aromatic nitrogens is 2. The average molecular weight is 719 g/mol. The fourth-order valence-corrected chi connectivity index (χ4v) is 10.1. The smallest absolute Gasteiger partial charge is 0.160 e. The van der Waals surface area contributed by atoms with Crippen LogP contribution in [0.25, 0.3) is 87.1 Å². The van der Waals surface area contributed by atoms with Crippen LogP contribution >= 0.6 is 11.3 Å². The summed E-state index contributed by atoms with van der Waals surface area (Å²) in [5, 5.41) is 4.95. The van der Waals surface area contributed by atoms with Crippen molar-refractivity contribution in [1.82, 2.24) is 9.97 Å². The summed E-state index contributed by atoms with van der Waals surface area (Å²) in [4.78, 5) is 10.8. The van der Waals surface area contributed by atoms with Gasteiger partial charge < -0.3 is 0 Å². The minimum Gasteiger partial charge on any atom is -0.228 e. The third-order valence-corrected chi connectivity index (χ3v) is 12.8. The minimum absolute atomic E-state index is 0.310. The number of benzene rings is 8. The maximum atomic E-state index is 5.39. The van der Waals surface area contributed by atoms with Gasteiger partial charge in [-0.25, -0.2) is 9.97 Å². The van der Waals surface area contributed by atoms with E-state index in [-0.39, 0.29) is 5.41 Å². The van der Waals surface area contributed by atoms with Crippen molar-refractivity contribution < 1.29 is 0 Å². The number of rotatable bonds is 5. The van der Waals surface area contributed by atoms with E-state index in [9.17, 15) is 0 Å². The Morgan fingerprint density at radius 2 is 1.07 bits per heavy atom. The van der Waals surface area contributed by atoms with Gasteiger partial charge in [-0.3, -0.25) is 0 Å². The highest BCUT2D eigenvalue weighted by Crippen LogP contribution is 2.53. The van der Waals surface area contributed by atoms with Gasteiger partial charge in [0.05, 0.1) is 11.4 Å². The molecular weight excluding hydrogens is 685 g/mol. The third kappa shape index (κ3) is 5.01. The lowest BCUT2D eigenvalue weighted by Crippen LogP contribution is -2.22. The normalized spacial score (nSPS) is 14.7. The zero-order valence-electron chi connectivity index (χ0n) is 30.2. The van der Waals surface area contributed by atoms with Crippen LogP contribution in [-0.4, -0.2) is 9.97 Å². The molecule has 0 aliphatic heterocycles. The van der Waals surface area contributed by atoms with Crippen LogP contribution in [0.5, 0.6) is 0 Å². The van der Waals surface area contributed by atoms with E-state index in [1.165, 1.54) is 64.3 Å². The fourth-order valence-electron chi connectivity index (χ4n) is 8.82. The molecule has 0 saturated heterocycles. The molecule has 11 rings (SSSR count). The van der Waals surface area contributed by atoms with Crippen LogP contribution in [-0.2, 0) is 5.41 Å². The number of thiophene rings is 1. The lowest BCUT2D eigenvalue weighted by molar-refractivity contribution is 0.714. The molecule has 1 aliphatic carbocycles. The molecular formula is C52H34N2S. The molecule has 0 bridgehead atoms. The second kappa shape index (κ2) is 12.4. The number of nitrogens with zero attached hydrogens (tertiary/aromatic N) is 2. The van der Waals surface area contributed by atoms with Gasteiger partial charge in [0.2, 0.25) is 0 Å². The Bertz CT molecular complexity index is 3120. The van der Waals surface area contributed by atoms with Crippen LogP contribution in [0.15, 0.2) is 188 Å². The van der Waals surface area contributed by atoms with E-state index in [0.717, 1.165) is 33.6 Å². The SMILES string of the molecule is CC1(c2ccccc2)c2ccccc2-c2ccc(-c3cc(-c4ccccc4-c4cccc5c4sc4ccccc45)nc(-c4ccc5ccccc5c4)n3)cc21. The lowest BCUT2D eigenvalue weighted by Gasteiger charge is -2.28. The quantitative estimate of drug-likeness (QED) is 0.177. The molecule has 0 spiro atoms. The van der Waals surface area contributed by atoms with Gasteiger partial charge in [0, 0.05) is 47.8 Å². The number of hydrogen-bond donors (Lipinski definition) is 0. The average Bonchev–Trinajstić information content (AvgIpc) is 3.77. The Morgan fingerprint density at radius 1 is 0.418 bits per heavy atom. The monoisotopic (exact) mass is 718 g/mol. The van der Waals surface area contributed by atoms with E-state index in [1.54, 1.807) is 0 Å². The first-order chi connectivity index (χ1) is 27.1. The van der Waals surface area contributed by atoms with Gasteiger partial charge in [0.1, 0.15) is 0 Å². The Morgan fingerprint density at radius 3 is 1.96 bits per heavy atom. The van der Waals surface area contributed by atoms with Crippen LogP contribution in [0.2, 0.25) is 0 Å². The van der Waals surface area contributed by atoms with Crippen molar-refractivity contribution in [1.29, 1.82) is 0 Å². The summed E-state index contributed by atoms with van der Waals surface area (Å²) in [6.07, 6.45) is 0. The molecule has 0 radical (unpaired) electrons.